The monoisotopic (exact) mass is 171 g/mol. The Morgan fingerprint density at radius 3 is 2.50 bits per heavy atom. The Labute approximate surface area is 75.7 Å². The van der Waals surface area contributed by atoms with E-state index < -0.39 is 0 Å². The number of nitrogens with one attached hydrogen (secondary N) is 1. The fraction of sp³-hybridized carbons (Fsp3) is 1.00. The number of rotatable bonds is 2. The number of hydrazine groups is 2. The molecular formula is C9H21N3. The Morgan fingerprint density at radius 1 is 1.33 bits per heavy atom. The number of hydrogen-bond donors (Lipinski definition) is 1. The second-order valence-corrected chi connectivity index (χ2v) is 4.34. The fourth-order valence-corrected chi connectivity index (χ4v) is 1.62. The first kappa shape index (κ1) is 9.96. The minimum atomic E-state index is 0.200. The van der Waals surface area contributed by atoms with Gasteiger partial charge in [-0.15, -0.1) is 0 Å². The van der Waals surface area contributed by atoms with Gasteiger partial charge in [0.15, 0.2) is 0 Å². The Morgan fingerprint density at radius 2 is 2.00 bits per heavy atom. The van der Waals surface area contributed by atoms with Gasteiger partial charge in [-0.1, -0.05) is 6.92 Å². The zero-order valence-corrected chi connectivity index (χ0v) is 8.72. The molecule has 1 fully saturated rings. The lowest BCUT2D eigenvalue weighted by atomic mass is 10.1. The molecule has 1 N–H and O–H groups in total. The van der Waals surface area contributed by atoms with Crippen molar-refractivity contribution in [2.75, 3.05) is 19.6 Å². The molecule has 1 aliphatic heterocycles. The molecule has 0 aromatic rings. The van der Waals surface area contributed by atoms with Crippen molar-refractivity contribution in [1.82, 2.24) is 15.6 Å². The zero-order chi connectivity index (χ0) is 9.19. The van der Waals surface area contributed by atoms with Crippen molar-refractivity contribution in [1.29, 1.82) is 0 Å². The molecule has 0 aromatic carbocycles. The van der Waals surface area contributed by atoms with Crippen molar-refractivity contribution < 1.29 is 0 Å². The molecule has 1 saturated heterocycles. The van der Waals surface area contributed by atoms with Crippen LogP contribution in [-0.4, -0.2) is 35.3 Å². The third-order valence-electron chi connectivity index (χ3n) is 2.03. The van der Waals surface area contributed by atoms with Crippen molar-refractivity contribution in [3.05, 3.63) is 0 Å². The van der Waals surface area contributed by atoms with Crippen LogP contribution in [0.15, 0.2) is 0 Å². The second-order valence-electron chi connectivity index (χ2n) is 4.34. The van der Waals surface area contributed by atoms with E-state index in [0.29, 0.717) is 0 Å². The smallest absolute Gasteiger partial charge is 0.0428 e. The van der Waals surface area contributed by atoms with Gasteiger partial charge in [-0.05, 0) is 27.2 Å². The van der Waals surface area contributed by atoms with E-state index >= 15 is 0 Å². The fourth-order valence-electron chi connectivity index (χ4n) is 1.62. The summed E-state index contributed by atoms with van der Waals surface area (Å²) in [4.78, 5) is 0. The molecule has 3 nitrogen and oxygen atoms in total. The van der Waals surface area contributed by atoms with Gasteiger partial charge < -0.3 is 0 Å². The van der Waals surface area contributed by atoms with Gasteiger partial charge in [-0.2, -0.15) is 5.12 Å². The molecule has 0 amide bonds. The average molecular weight is 171 g/mol. The lowest BCUT2D eigenvalue weighted by molar-refractivity contribution is -0.0838. The first-order chi connectivity index (χ1) is 5.55. The summed E-state index contributed by atoms with van der Waals surface area (Å²) in [6, 6.07) is 0. The van der Waals surface area contributed by atoms with E-state index in [0.717, 1.165) is 19.6 Å². The Kier molecular flexibility index (Phi) is 3.09. The molecule has 3 heteroatoms. The van der Waals surface area contributed by atoms with Crippen LogP contribution in [0.4, 0.5) is 0 Å². The van der Waals surface area contributed by atoms with Crippen LogP contribution in [0.25, 0.3) is 0 Å². The summed E-state index contributed by atoms with van der Waals surface area (Å²) < 4.78 is 0. The van der Waals surface area contributed by atoms with Gasteiger partial charge in [0.1, 0.15) is 0 Å². The predicted octanol–water partition coefficient (Wildman–Crippen LogP) is 1.23. The van der Waals surface area contributed by atoms with Gasteiger partial charge in [0.05, 0.1) is 0 Å². The molecule has 0 spiro atoms. The SMILES string of the molecule is CCCN1CCNN1C(C)(C)C. The Bertz CT molecular complexity index is 139. The summed E-state index contributed by atoms with van der Waals surface area (Å²) in [6.45, 7) is 12.3. The molecule has 1 aliphatic rings. The molecule has 72 valence electrons. The minimum absolute atomic E-state index is 0.200. The van der Waals surface area contributed by atoms with Gasteiger partial charge in [-0.25, -0.2) is 10.4 Å². The standard InChI is InChI=1S/C9H21N3/c1-5-7-11-8-6-10-12(11)9(2,3)4/h10H,5-8H2,1-4H3. The Hall–Kier alpha value is -0.120. The van der Waals surface area contributed by atoms with Crippen molar-refractivity contribution in [2.45, 2.75) is 39.7 Å². The molecule has 0 aromatic heterocycles. The lowest BCUT2D eigenvalue weighted by Gasteiger charge is -2.37. The van der Waals surface area contributed by atoms with Gasteiger partial charge in [0.25, 0.3) is 0 Å². The molecule has 0 radical (unpaired) electrons. The summed E-state index contributed by atoms with van der Waals surface area (Å²) >= 11 is 0. The summed E-state index contributed by atoms with van der Waals surface area (Å²) in [7, 11) is 0. The van der Waals surface area contributed by atoms with Gasteiger partial charge in [0, 0.05) is 25.2 Å². The molecule has 0 unspecified atom stereocenters. The maximum atomic E-state index is 3.39. The predicted molar refractivity (Wildman–Crippen MR) is 51.5 cm³/mol. The Balaban J connectivity index is 2.52. The third-order valence-corrected chi connectivity index (χ3v) is 2.03. The summed E-state index contributed by atoms with van der Waals surface area (Å²) in [5, 5.41) is 4.65. The number of nitrogens with zero attached hydrogens (tertiary/aromatic N) is 2. The van der Waals surface area contributed by atoms with Crippen molar-refractivity contribution >= 4 is 0 Å². The van der Waals surface area contributed by atoms with Crippen molar-refractivity contribution in [3.8, 4) is 0 Å². The van der Waals surface area contributed by atoms with Gasteiger partial charge >= 0.3 is 0 Å². The highest BCUT2D eigenvalue weighted by Crippen LogP contribution is 2.16. The highest BCUT2D eigenvalue weighted by Gasteiger charge is 2.30. The van der Waals surface area contributed by atoms with Crippen LogP contribution in [-0.2, 0) is 0 Å². The minimum Gasteiger partial charge on any atom is -0.239 e. The highest BCUT2D eigenvalue weighted by molar-refractivity contribution is 4.76. The summed E-state index contributed by atoms with van der Waals surface area (Å²) in [5.74, 6) is 0. The van der Waals surface area contributed by atoms with Crippen LogP contribution in [0.1, 0.15) is 34.1 Å². The molecule has 12 heavy (non-hydrogen) atoms. The van der Waals surface area contributed by atoms with Gasteiger partial charge in [0.2, 0.25) is 0 Å². The van der Waals surface area contributed by atoms with Crippen LogP contribution < -0.4 is 5.43 Å². The molecule has 1 rings (SSSR count). The first-order valence-corrected chi connectivity index (χ1v) is 4.84. The van der Waals surface area contributed by atoms with E-state index in [9.17, 15) is 0 Å². The van der Waals surface area contributed by atoms with Crippen molar-refractivity contribution in [2.24, 2.45) is 0 Å². The van der Waals surface area contributed by atoms with E-state index in [1.165, 1.54) is 6.42 Å². The van der Waals surface area contributed by atoms with Crippen LogP contribution in [0, 0.1) is 0 Å². The van der Waals surface area contributed by atoms with Crippen LogP contribution in [0.5, 0.6) is 0 Å². The molecule has 1 heterocycles. The van der Waals surface area contributed by atoms with E-state index in [4.69, 9.17) is 0 Å². The molecule has 0 bridgehead atoms. The number of hydrogen-bond acceptors (Lipinski definition) is 3. The molecule has 0 saturated carbocycles. The highest BCUT2D eigenvalue weighted by atomic mass is 15.8. The van der Waals surface area contributed by atoms with Crippen molar-refractivity contribution in [3.63, 3.8) is 0 Å². The average Bonchev–Trinajstić information content (AvgIpc) is 2.34. The van der Waals surface area contributed by atoms with E-state index in [1.807, 2.05) is 0 Å². The molecule has 0 aliphatic carbocycles. The zero-order valence-electron chi connectivity index (χ0n) is 8.72. The van der Waals surface area contributed by atoms with E-state index in [-0.39, 0.29) is 5.54 Å². The van der Waals surface area contributed by atoms with Crippen LogP contribution >= 0.6 is 0 Å². The third kappa shape index (κ3) is 2.19. The van der Waals surface area contributed by atoms with Crippen LogP contribution in [0.3, 0.4) is 0 Å². The second kappa shape index (κ2) is 3.73. The summed E-state index contributed by atoms with van der Waals surface area (Å²) in [5.41, 5.74) is 3.59. The van der Waals surface area contributed by atoms with E-state index in [2.05, 4.69) is 43.2 Å². The van der Waals surface area contributed by atoms with E-state index in [1.54, 1.807) is 0 Å². The largest absolute Gasteiger partial charge is 0.239 e. The first-order valence-electron chi connectivity index (χ1n) is 4.84. The molecule has 0 atom stereocenters. The maximum Gasteiger partial charge on any atom is 0.0428 e. The maximum absolute atomic E-state index is 3.39. The van der Waals surface area contributed by atoms with Crippen LogP contribution in [0.2, 0.25) is 0 Å². The lowest BCUT2D eigenvalue weighted by Crippen LogP contribution is -2.53. The quantitative estimate of drug-likeness (QED) is 0.674. The normalized spacial score (nSPS) is 22.0. The topological polar surface area (TPSA) is 18.5 Å². The van der Waals surface area contributed by atoms with Gasteiger partial charge in [-0.3, -0.25) is 0 Å². The summed E-state index contributed by atoms with van der Waals surface area (Å²) in [6.07, 6.45) is 1.22. The molecular weight excluding hydrogens is 150 g/mol.